The first-order valence-electron chi connectivity index (χ1n) is 4.97. The summed E-state index contributed by atoms with van der Waals surface area (Å²) in [7, 11) is 1.94. The molecule has 0 unspecified atom stereocenters. The molecule has 4 heteroatoms. The van der Waals surface area contributed by atoms with E-state index in [-0.39, 0.29) is 6.42 Å². The lowest BCUT2D eigenvalue weighted by atomic mass is 10.2. The third-order valence-corrected chi connectivity index (χ3v) is 2.17. The van der Waals surface area contributed by atoms with Crippen LogP contribution in [0.5, 0.6) is 0 Å². The highest BCUT2D eigenvalue weighted by Gasteiger charge is 2.10. The van der Waals surface area contributed by atoms with Gasteiger partial charge >= 0.3 is 0 Å². The summed E-state index contributed by atoms with van der Waals surface area (Å²) in [5.41, 5.74) is 6.33. The van der Waals surface area contributed by atoms with E-state index in [1.54, 1.807) is 0 Å². The minimum absolute atomic E-state index is 0.259. The third kappa shape index (κ3) is 5.21. The molecule has 0 aromatic heterocycles. The summed E-state index contributed by atoms with van der Waals surface area (Å²) >= 11 is 0. The second-order valence-electron chi connectivity index (χ2n) is 3.66. The molecule has 0 heterocycles. The van der Waals surface area contributed by atoms with Gasteiger partial charge in [-0.1, -0.05) is 6.08 Å². The predicted octanol–water partition coefficient (Wildman–Crippen LogP) is 0.260. The van der Waals surface area contributed by atoms with Gasteiger partial charge in [0.15, 0.2) is 6.29 Å². The molecular formula is C10H22N2O2. The number of nitrogens with zero attached hydrogens (tertiary/aromatic N) is 1. The molecule has 0 spiro atoms. The number of aliphatic hydroxyl groups is 2. The van der Waals surface area contributed by atoms with E-state index in [4.69, 9.17) is 15.9 Å². The first-order chi connectivity index (χ1) is 6.49. The van der Waals surface area contributed by atoms with Crippen LogP contribution in [-0.4, -0.2) is 41.0 Å². The fourth-order valence-electron chi connectivity index (χ4n) is 1.14. The van der Waals surface area contributed by atoms with Crippen molar-refractivity contribution in [2.45, 2.75) is 39.0 Å². The smallest absolute Gasteiger partial charge is 0.156 e. The van der Waals surface area contributed by atoms with Gasteiger partial charge in [-0.2, -0.15) is 0 Å². The Kier molecular flexibility index (Phi) is 6.53. The van der Waals surface area contributed by atoms with Gasteiger partial charge in [0.1, 0.15) is 0 Å². The van der Waals surface area contributed by atoms with Crippen LogP contribution in [0.15, 0.2) is 11.8 Å². The molecule has 0 aliphatic rings. The Morgan fingerprint density at radius 2 is 2.00 bits per heavy atom. The Labute approximate surface area is 86.0 Å². The van der Waals surface area contributed by atoms with Crippen molar-refractivity contribution in [2.75, 3.05) is 13.6 Å². The van der Waals surface area contributed by atoms with Crippen LogP contribution in [0.3, 0.4) is 0 Å². The van der Waals surface area contributed by atoms with E-state index >= 15 is 0 Å². The molecule has 0 radical (unpaired) electrons. The number of aliphatic hydroxyl groups excluding tert-OH is 1. The highest BCUT2D eigenvalue weighted by molar-refractivity contribution is 5.02. The molecule has 0 bridgehead atoms. The summed E-state index contributed by atoms with van der Waals surface area (Å²) < 4.78 is 0. The Bertz CT molecular complexity index is 179. The third-order valence-electron chi connectivity index (χ3n) is 2.17. The molecule has 0 atom stereocenters. The SMILES string of the molecule is CC(C)N(C)/C(=C\CCN)CC(O)O. The van der Waals surface area contributed by atoms with Gasteiger partial charge in [-0.25, -0.2) is 0 Å². The maximum Gasteiger partial charge on any atom is 0.156 e. The number of hydrogen-bond donors (Lipinski definition) is 3. The van der Waals surface area contributed by atoms with E-state index < -0.39 is 6.29 Å². The molecule has 0 aliphatic heterocycles. The van der Waals surface area contributed by atoms with Crippen molar-refractivity contribution in [3.63, 3.8) is 0 Å². The lowest BCUT2D eigenvalue weighted by Crippen LogP contribution is -2.28. The first-order valence-corrected chi connectivity index (χ1v) is 4.97. The van der Waals surface area contributed by atoms with Crippen LogP contribution in [0.25, 0.3) is 0 Å². The van der Waals surface area contributed by atoms with Gasteiger partial charge in [-0.3, -0.25) is 0 Å². The standard InChI is InChI=1S/C10H22N2O2/c1-8(2)12(3)9(5-4-6-11)7-10(13)14/h5,8,10,13-14H,4,6-7,11H2,1-3H3/b9-5-. The zero-order chi connectivity index (χ0) is 11.1. The zero-order valence-corrected chi connectivity index (χ0v) is 9.27. The van der Waals surface area contributed by atoms with Gasteiger partial charge in [0.2, 0.25) is 0 Å². The molecular weight excluding hydrogens is 180 g/mol. The van der Waals surface area contributed by atoms with Crippen LogP contribution < -0.4 is 5.73 Å². The molecule has 4 N–H and O–H groups in total. The van der Waals surface area contributed by atoms with Crippen LogP contribution in [0.4, 0.5) is 0 Å². The highest BCUT2D eigenvalue weighted by atomic mass is 16.5. The summed E-state index contributed by atoms with van der Waals surface area (Å²) in [4.78, 5) is 2.02. The fourth-order valence-corrected chi connectivity index (χ4v) is 1.14. The van der Waals surface area contributed by atoms with Crippen LogP contribution in [0, 0.1) is 0 Å². The lowest BCUT2D eigenvalue weighted by molar-refractivity contribution is -0.0424. The Hall–Kier alpha value is -0.580. The maximum absolute atomic E-state index is 8.91. The van der Waals surface area contributed by atoms with E-state index in [1.807, 2.05) is 18.0 Å². The van der Waals surface area contributed by atoms with Crippen molar-refractivity contribution in [3.8, 4) is 0 Å². The van der Waals surface area contributed by atoms with Gasteiger partial charge in [0.05, 0.1) is 0 Å². The number of rotatable bonds is 6. The summed E-state index contributed by atoms with van der Waals surface area (Å²) in [6.07, 6.45) is 1.69. The van der Waals surface area contributed by atoms with Gasteiger partial charge in [-0.05, 0) is 26.8 Å². The fraction of sp³-hybridized carbons (Fsp3) is 0.800. The first kappa shape index (κ1) is 13.4. The molecule has 0 rings (SSSR count). The van der Waals surface area contributed by atoms with E-state index in [0.717, 1.165) is 12.1 Å². The van der Waals surface area contributed by atoms with Gasteiger partial charge in [0, 0.05) is 25.2 Å². The maximum atomic E-state index is 8.91. The van der Waals surface area contributed by atoms with Crippen molar-refractivity contribution < 1.29 is 10.2 Å². The van der Waals surface area contributed by atoms with Crippen LogP contribution in [-0.2, 0) is 0 Å². The monoisotopic (exact) mass is 202 g/mol. The van der Waals surface area contributed by atoms with Gasteiger partial charge in [0.25, 0.3) is 0 Å². The average Bonchev–Trinajstić information content (AvgIpc) is 2.10. The van der Waals surface area contributed by atoms with Crippen molar-refractivity contribution in [1.82, 2.24) is 4.90 Å². The lowest BCUT2D eigenvalue weighted by Gasteiger charge is -2.27. The highest BCUT2D eigenvalue weighted by Crippen LogP contribution is 2.12. The summed E-state index contributed by atoms with van der Waals surface area (Å²) in [5, 5.41) is 17.8. The van der Waals surface area contributed by atoms with Crippen molar-refractivity contribution in [3.05, 3.63) is 11.8 Å². The molecule has 0 aliphatic carbocycles. The second kappa shape index (κ2) is 6.81. The summed E-state index contributed by atoms with van der Waals surface area (Å²) in [6, 6.07) is 0.345. The summed E-state index contributed by atoms with van der Waals surface area (Å²) in [5.74, 6) is 0. The largest absolute Gasteiger partial charge is 0.376 e. The van der Waals surface area contributed by atoms with E-state index in [0.29, 0.717) is 12.6 Å². The number of nitrogens with two attached hydrogens (primary N) is 1. The second-order valence-corrected chi connectivity index (χ2v) is 3.66. The molecule has 0 amide bonds. The van der Waals surface area contributed by atoms with Crippen LogP contribution in [0.2, 0.25) is 0 Å². The minimum Gasteiger partial charge on any atom is -0.376 e. The molecule has 0 saturated carbocycles. The van der Waals surface area contributed by atoms with E-state index in [2.05, 4.69) is 13.8 Å². The summed E-state index contributed by atoms with van der Waals surface area (Å²) in [6.45, 7) is 4.69. The number of hydrogen-bond acceptors (Lipinski definition) is 4. The topological polar surface area (TPSA) is 69.7 Å². The quantitative estimate of drug-likeness (QED) is 0.540. The Morgan fingerprint density at radius 1 is 1.43 bits per heavy atom. The van der Waals surface area contributed by atoms with E-state index in [9.17, 15) is 0 Å². The normalized spacial score (nSPS) is 12.7. The molecule has 14 heavy (non-hydrogen) atoms. The van der Waals surface area contributed by atoms with Crippen LogP contribution in [0.1, 0.15) is 26.7 Å². The Balaban J connectivity index is 4.38. The zero-order valence-electron chi connectivity index (χ0n) is 9.27. The molecule has 0 aromatic rings. The van der Waals surface area contributed by atoms with Gasteiger partial charge < -0.3 is 20.8 Å². The molecule has 84 valence electrons. The van der Waals surface area contributed by atoms with Gasteiger partial charge in [-0.15, -0.1) is 0 Å². The molecule has 0 fully saturated rings. The molecule has 0 aromatic carbocycles. The van der Waals surface area contributed by atoms with Crippen LogP contribution >= 0.6 is 0 Å². The Morgan fingerprint density at radius 3 is 2.36 bits per heavy atom. The van der Waals surface area contributed by atoms with Crippen molar-refractivity contribution >= 4 is 0 Å². The van der Waals surface area contributed by atoms with E-state index in [1.165, 1.54) is 0 Å². The minimum atomic E-state index is -1.29. The average molecular weight is 202 g/mol. The predicted molar refractivity (Wildman–Crippen MR) is 57.5 cm³/mol. The molecule has 4 nitrogen and oxygen atoms in total. The molecule has 0 saturated heterocycles. The van der Waals surface area contributed by atoms with Crippen molar-refractivity contribution in [2.24, 2.45) is 5.73 Å². The van der Waals surface area contributed by atoms with Crippen molar-refractivity contribution in [1.29, 1.82) is 0 Å².